The van der Waals surface area contributed by atoms with E-state index in [0.717, 1.165) is 16.7 Å². The molecule has 0 aliphatic heterocycles. The highest BCUT2D eigenvalue weighted by molar-refractivity contribution is 5.78. The van der Waals surface area contributed by atoms with Gasteiger partial charge in [0.05, 0.1) is 16.6 Å². The van der Waals surface area contributed by atoms with Gasteiger partial charge in [-0.05, 0) is 35.8 Å². The number of nitro benzene ring substituents is 1. The number of nitro groups is 1. The maximum Gasteiger partial charge on any atom is 0.277 e. The Hall–Kier alpha value is -2.93. The van der Waals surface area contributed by atoms with E-state index in [-0.39, 0.29) is 10.6 Å². The first-order chi connectivity index (χ1) is 9.65. The van der Waals surface area contributed by atoms with Gasteiger partial charge in [0.1, 0.15) is 0 Å². The van der Waals surface area contributed by atoms with E-state index in [1.54, 1.807) is 24.3 Å². The van der Waals surface area contributed by atoms with Crippen LogP contribution in [0.3, 0.4) is 0 Å². The van der Waals surface area contributed by atoms with Gasteiger partial charge in [-0.25, -0.2) is 0 Å². The normalized spacial score (nSPS) is 10.4. The predicted molar refractivity (Wildman–Crippen MR) is 77.9 cm³/mol. The lowest BCUT2D eigenvalue weighted by atomic mass is 9.95. The van der Waals surface area contributed by atoms with Gasteiger partial charge in [0.25, 0.3) is 5.69 Å². The molecule has 98 valence electrons. The minimum absolute atomic E-state index is 0.0806. The molecule has 0 spiro atoms. The quantitative estimate of drug-likeness (QED) is 0.476. The lowest BCUT2D eigenvalue weighted by Crippen LogP contribution is -1.94. The zero-order valence-electron chi connectivity index (χ0n) is 10.9. The van der Waals surface area contributed by atoms with Gasteiger partial charge in [-0.15, -0.1) is 0 Å². The number of benzene rings is 2. The summed E-state index contributed by atoms with van der Waals surface area (Å²) in [7, 11) is 0. The van der Waals surface area contributed by atoms with Crippen molar-refractivity contribution in [3.63, 3.8) is 0 Å². The Bertz CT molecular complexity index is 727. The summed E-state index contributed by atoms with van der Waals surface area (Å²) in [5.74, 6) is 0. The first-order valence-electron chi connectivity index (χ1n) is 6.04. The highest BCUT2D eigenvalue weighted by atomic mass is 16.6. The summed E-state index contributed by atoms with van der Waals surface area (Å²) in [5, 5.41) is 19.7. The van der Waals surface area contributed by atoms with Crippen LogP contribution in [0.5, 0.6) is 0 Å². The number of hydrogen-bond acceptors (Lipinski definition) is 3. The van der Waals surface area contributed by atoms with Crippen LogP contribution in [0.15, 0.2) is 48.5 Å². The Morgan fingerprint density at radius 3 is 2.55 bits per heavy atom. The third-order valence-corrected chi connectivity index (χ3v) is 3.10. The molecule has 0 N–H and O–H groups in total. The van der Waals surface area contributed by atoms with Gasteiger partial charge in [0.2, 0.25) is 0 Å². The number of nitriles is 1. The van der Waals surface area contributed by atoms with Crippen molar-refractivity contribution in [1.82, 2.24) is 0 Å². The fourth-order valence-corrected chi connectivity index (χ4v) is 2.11. The second-order valence-corrected chi connectivity index (χ2v) is 4.26. The largest absolute Gasteiger partial charge is 0.277 e. The number of hydrogen-bond donors (Lipinski definition) is 0. The molecule has 0 bridgehead atoms. The molecule has 4 heteroatoms. The van der Waals surface area contributed by atoms with Crippen molar-refractivity contribution in [1.29, 1.82) is 5.26 Å². The van der Waals surface area contributed by atoms with Crippen molar-refractivity contribution < 1.29 is 4.92 Å². The van der Waals surface area contributed by atoms with Crippen LogP contribution in [0.2, 0.25) is 0 Å². The van der Waals surface area contributed by atoms with Crippen molar-refractivity contribution in [2.75, 3.05) is 0 Å². The zero-order valence-corrected chi connectivity index (χ0v) is 10.9. The maximum atomic E-state index is 11.1. The van der Waals surface area contributed by atoms with Crippen LogP contribution in [-0.4, -0.2) is 4.92 Å². The first-order valence-corrected chi connectivity index (χ1v) is 6.04. The molecule has 0 atom stereocenters. The average Bonchev–Trinajstić information content (AvgIpc) is 2.46. The Labute approximate surface area is 116 Å². The highest BCUT2D eigenvalue weighted by Gasteiger charge is 2.16. The summed E-state index contributed by atoms with van der Waals surface area (Å²) in [6.07, 6.45) is 3.10. The Morgan fingerprint density at radius 2 is 1.85 bits per heavy atom. The molecule has 2 rings (SSSR count). The molecule has 0 aliphatic rings. The summed E-state index contributed by atoms with van der Waals surface area (Å²) in [5.41, 5.74) is 3.26. The van der Waals surface area contributed by atoms with Crippen LogP contribution in [0.1, 0.15) is 11.1 Å². The van der Waals surface area contributed by atoms with E-state index in [9.17, 15) is 10.1 Å². The van der Waals surface area contributed by atoms with Gasteiger partial charge in [0.15, 0.2) is 0 Å². The lowest BCUT2D eigenvalue weighted by molar-refractivity contribution is -0.384. The third-order valence-electron chi connectivity index (χ3n) is 3.10. The third kappa shape index (κ3) is 2.57. The topological polar surface area (TPSA) is 66.9 Å². The van der Waals surface area contributed by atoms with Crippen molar-refractivity contribution in [2.24, 2.45) is 0 Å². The monoisotopic (exact) mass is 264 g/mol. The van der Waals surface area contributed by atoms with Crippen LogP contribution in [0, 0.1) is 28.4 Å². The first kappa shape index (κ1) is 13.5. The number of para-hydroxylation sites is 1. The Morgan fingerprint density at radius 1 is 1.15 bits per heavy atom. The molecule has 0 saturated heterocycles. The van der Waals surface area contributed by atoms with E-state index in [1.165, 1.54) is 12.1 Å². The minimum atomic E-state index is -0.382. The van der Waals surface area contributed by atoms with Gasteiger partial charge in [-0.2, -0.15) is 5.26 Å². The van der Waals surface area contributed by atoms with Crippen LogP contribution in [-0.2, 0) is 0 Å². The molecular formula is C16H12N2O2. The summed E-state index contributed by atoms with van der Waals surface area (Å²) in [6.45, 7) is 1.89. The molecule has 0 aliphatic carbocycles. The Kier molecular flexibility index (Phi) is 3.92. The minimum Gasteiger partial charge on any atom is -0.258 e. The molecule has 0 amide bonds. The summed E-state index contributed by atoms with van der Waals surface area (Å²) in [4.78, 5) is 10.7. The molecular weight excluding hydrogens is 252 g/mol. The van der Waals surface area contributed by atoms with Gasteiger partial charge in [-0.1, -0.05) is 30.3 Å². The number of nitrogens with zero attached hydrogens (tertiary/aromatic N) is 2. The molecule has 20 heavy (non-hydrogen) atoms. The molecule has 0 fully saturated rings. The van der Waals surface area contributed by atoms with E-state index >= 15 is 0 Å². The van der Waals surface area contributed by atoms with E-state index in [4.69, 9.17) is 5.26 Å². The zero-order chi connectivity index (χ0) is 14.5. The molecule has 2 aromatic carbocycles. The summed E-state index contributed by atoms with van der Waals surface area (Å²) < 4.78 is 0. The maximum absolute atomic E-state index is 11.1. The van der Waals surface area contributed by atoms with Crippen LogP contribution in [0.25, 0.3) is 17.2 Å². The van der Waals surface area contributed by atoms with Gasteiger partial charge in [-0.3, -0.25) is 10.1 Å². The SMILES string of the molecule is Cc1c(/C=C\C#N)cccc1-c1ccccc1[N+](=O)[O-]. The Balaban J connectivity index is 2.63. The van der Waals surface area contributed by atoms with E-state index in [2.05, 4.69) is 0 Å². The van der Waals surface area contributed by atoms with Crippen molar-refractivity contribution >= 4 is 11.8 Å². The fourth-order valence-electron chi connectivity index (χ4n) is 2.11. The van der Waals surface area contributed by atoms with E-state index in [1.807, 2.05) is 31.2 Å². The van der Waals surface area contributed by atoms with Crippen molar-refractivity contribution in [3.05, 3.63) is 69.8 Å². The molecule has 0 aromatic heterocycles. The van der Waals surface area contributed by atoms with Gasteiger partial charge < -0.3 is 0 Å². The standard InChI is InChI=1S/C16H12N2O2/c1-12-13(7-5-11-17)6-4-9-14(12)15-8-2-3-10-16(15)18(19)20/h2-10H,1H3/b7-5-. The second kappa shape index (κ2) is 5.81. The van der Waals surface area contributed by atoms with Crippen molar-refractivity contribution in [2.45, 2.75) is 6.92 Å². The van der Waals surface area contributed by atoms with Crippen LogP contribution < -0.4 is 0 Å². The second-order valence-electron chi connectivity index (χ2n) is 4.26. The number of allylic oxidation sites excluding steroid dienone is 1. The molecule has 2 aromatic rings. The lowest BCUT2D eigenvalue weighted by Gasteiger charge is -2.09. The summed E-state index contributed by atoms with van der Waals surface area (Å²) in [6, 6.07) is 14.2. The van der Waals surface area contributed by atoms with Gasteiger partial charge in [0, 0.05) is 12.1 Å². The van der Waals surface area contributed by atoms with E-state index in [0.29, 0.717) is 5.56 Å². The predicted octanol–water partition coefficient (Wildman–Crippen LogP) is 4.11. The smallest absolute Gasteiger partial charge is 0.258 e. The number of rotatable bonds is 3. The molecule has 0 unspecified atom stereocenters. The van der Waals surface area contributed by atoms with Gasteiger partial charge >= 0.3 is 0 Å². The van der Waals surface area contributed by atoms with E-state index < -0.39 is 0 Å². The fraction of sp³-hybridized carbons (Fsp3) is 0.0625. The van der Waals surface area contributed by atoms with Crippen LogP contribution in [0.4, 0.5) is 5.69 Å². The summed E-state index contributed by atoms with van der Waals surface area (Å²) >= 11 is 0. The molecule has 0 heterocycles. The molecule has 0 radical (unpaired) electrons. The van der Waals surface area contributed by atoms with Crippen molar-refractivity contribution in [3.8, 4) is 17.2 Å². The average molecular weight is 264 g/mol. The molecule has 4 nitrogen and oxygen atoms in total. The molecule has 0 saturated carbocycles. The van der Waals surface area contributed by atoms with Crippen LogP contribution >= 0.6 is 0 Å². The highest BCUT2D eigenvalue weighted by Crippen LogP contribution is 2.33.